The van der Waals surface area contributed by atoms with Gasteiger partial charge >= 0.3 is 12.1 Å². The van der Waals surface area contributed by atoms with Gasteiger partial charge in [0.2, 0.25) is 0 Å². The molecule has 0 fully saturated rings. The van der Waals surface area contributed by atoms with Crippen LogP contribution in [0, 0.1) is 15.9 Å². The maximum Gasteiger partial charge on any atom is 0.389 e. The van der Waals surface area contributed by atoms with Crippen molar-refractivity contribution in [1.82, 2.24) is 0 Å². The van der Waals surface area contributed by atoms with E-state index in [9.17, 15) is 32.5 Å². The Labute approximate surface area is 115 Å². The van der Waals surface area contributed by atoms with Crippen LogP contribution in [0.1, 0.15) is 23.2 Å². The molecule has 0 atom stereocenters. The van der Waals surface area contributed by atoms with Gasteiger partial charge in [-0.2, -0.15) is 13.2 Å². The number of hydrogen-bond donors (Lipinski definition) is 2. The predicted octanol–water partition coefficient (Wildman–Crippen LogP) is 3.19. The van der Waals surface area contributed by atoms with E-state index in [0.29, 0.717) is 12.1 Å². The molecule has 1 rings (SSSR count). The van der Waals surface area contributed by atoms with Crippen LogP contribution in [-0.2, 0) is 0 Å². The Morgan fingerprint density at radius 1 is 1.38 bits per heavy atom. The van der Waals surface area contributed by atoms with Crippen LogP contribution in [0.25, 0.3) is 0 Å². The standard InChI is InChI=1S/C11H10F4N2O4/c12-7-5-9(17(20)21)8(4-6(7)10(18)19)16-3-1-2-11(13,14)15/h4-5,16H,1-3H2,(H,18,19). The minimum atomic E-state index is -4.36. The van der Waals surface area contributed by atoms with Crippen molar-refractivity contribution < 1.29 is 32.4 Å². The van der Waals surface area contributed by atoms with Gasteiger partial charge in [0.25, 0.3) is 5.69 Å². The zero-order valence-corrected chi connectivity index (χ0v) is 10.4. The van der Waals surface area contributed by atoms with E-state index >= 15 is 0 Å². The summed E-state index contributed by atoms with van der Waals surface area (Å²) in [6, 6.07) is 1.10. The number of nitro benzene ring substituents is 1. The lowest BCUT2D eigenvalue weighted by molar-refractivity contribution is -0.384. The van der Waals surface area contributed by atoms with E-state index in [1.807, 2.05) is 0 Å². The zero-order valence-electron chi connectivity index (χ0n) is 10.4. The monoisotopic (exact) mass is 310 g/mol. The molecular weight excluding hydrogens is 300 g/mol. The molecule has 10 heteroatoms. The average molecular weight is 310 g/mol. The van der Waals surface area contributed by atoms with Crippen LogP contribution in [0.15, 0.2) is 12.1 Å². The fourth-order valence-electron chi connectivity index (χ4n) is 1.53. The first kappa shape index (κ1) is 16.7. The Hall–Kier alpha value is -2.39. The van der Waals surface area contributed by atoms with Crippen LogP contribution in [0.2, 0.25) is 0 Å². The van der Waals surface area contributed by atoms with Crippen LogP contribution < -0.4 is 5.32 Å². The van der Waals surface area contributed by atoms with Gasteiger partial charge in [-0.1, -0.05) is 0 Å². The molecule has 0 aliphatic heterocycles. The van der Waals surface area contributed by atoms with Gasteiger partial charge in [0.15, 0.2) is 0 Å². The molecule has 0 unspecified atom stereocenters. The second-order valence-electron chi connectivity index (χ2n) is 4.06. The van der Waals surface area contributed by atoms with Crippen molar-refractivity contribution in [3.63, 3.8) is 0 Å². The molecule has 0 saturated carbocycles. The Morgan fingerprint density at radius 2 is 2.00 bits per heavy atom. The fraction of sp³-hybridized carbons (Fsp3) is 0.364. The van der Waals surface area contributed by atoms with Crippen molar-refractivity contribution in [1.29, 1.82) is 0 Å². The molecule has 0 aliphatic rings. The van der Waals surface area contributed by atoms with Gasteiger partial charge in [0, 0.05) is 13.0 Å². The largest absolute Gasteiger partial charge is 0.478 e. The van der Waals surface area contributed by atoms with Gasteiger partial charge in [-0.3, -0.25) is 10.1 Å². The summed E-state index contributed by atoms with van der Waals surface area (Å²) in [7, 11) is 0. The van der Waals surface area contributed by atoms with Crippen molar-refractivity contribution in [3.05, 3.63) is 33.6 Å². The lowest BCUT2D eigenvalue weighted by atomic mass is 10.1. The van der Waals surface area contributed by atoms with Gasteiger partial charge in [-0.15, -0.1) is 0 Å². The summed E-state index contributed by atoms with van der Waals surface area (Å²) in [4.78, 5) is 20.5. The number of carboxylic acids is 1. The summed E-state index contributed by atoms with van der Waals surface area (Å²) in [5.74, 6) is -2.93. The number of nitrogens with one attached hydrogen (secondary N) is 1. The molecule has 1 aromatic rings. The number of benzene rings is 1. The third-order valence-electron chi connectivity index (χ3n) is 2.46. The highest BCUT2D eigenvalue weighted by atomic mass is 19.4. The van der Waals surface area contributed by atoms with Crippen LogP contribution in [0.3, 0.4) is 0 Å². The Balaban J connectivity index is 2.91. The minimum absolute atomic E-state index is 0.273. The lowest BCUT2D eigenvalue weighted by Crippen LogP contribution is -2.12. The fourth-order valence-corrected chi connectivity index (χ4v) is 1.53. The summed E-state index contributed by atoms with van der Waals surface area (Å²) in [5, 5.41) is 21.7. The highest BCUT2D eigenvalue weighted by Crippen LogP contribution is 2.28. The molecule has 0 bridgehead atoms. The lowest BCUT2D eigenvalue weighted by Gasteiger charge is -2.10. The molecule has 6 nitrogen and oxygen atoms in total. The van der Waals surface area contributed by atoms with E-state index in [1.165, 1.54) is 0 Å². The number of aromatic carboxylic acids is 1. The number of hydrogen-bond acceptors (Lipinski definition) is 4. The molecule has 0 spiro atoms. The van der Waals surface area contributed by atoms with Crippen LogP contribution in [0.4, 0.5) is 28.9 Å². The van der Waals surface area contributed by atoms with Gasteiger partial charge in [0.1, 0.15) is 11.5 Å². The number of nitrogens with zero attached hydrogens (tertiary/aromatic N) is 1. The van der Waals surface area contributed by atoms with Gasteiger partial charge in [0.05, 0.1) is 16.6 Å². The van der Waals surface area contributed by atoms with E-state index in [0.717, 1.165) is 0 Å². The summed E-state index contributed by atoms with van der Waals surface area (Å²) >= 11 is 0. The second kappa shape index (κ2) is 6.37. The van der Waals surface area contributed by atoms with E-state index in [4.69, 9.17) is 5.11 Å². The van der Waals surface area contributed by atoms with Crippen molar-refractivity contribution in [2.75, 3.05) is 11.9 Å². The average Bonchev–Trinajstić information content (AvgIpc) is 2.33. The molecule has 2 N–H and O–H groups in total. The predicted molar refractivity (Wildman–Crippen MR) is 63.8 cm³/mol. The number of halogens is 4. The number of nitro groups is 1. The smallest absolute Gasteiger partial charge is 0.389 e. The summed E-state index contributed by atoms with van der Waals surface area (Å²) in [5.41, 5.74) is -1.90. The molecular formula is C11H10F4N2O4. The highest BCUT2D eigenvalue weighted by Gasteiger charge is 2.26. The number of rotatable bonds is 6. The molecule has 21 heavy (non-hydrogen) atoms. The first-order valence-corrected chi connectivity index (χ1v) is 5.63. The SMILES string of the molecule is O=C(O)c1cc(NCCCC(F)(F)F)c([N+](=O)[O-])cc1F. The maximum absolute atomic E-state index is 13.3. The summed E-state index contributed by atoms with van der Waals surface area (Å²) < 4.78 is 49.2. The van der Waals surface area contributed by atoms with Gasteiger partial charge < -0.3 is 10.4 Å². The van der Waals surface area contributed by atoms with E-state index in [-0.39, 0.29) is 18.7 Å². The van der Waals surface area contributed by atoms with Crippen molar-refractivity contribution in [3.8, 4) is 0 Å². The van der Waals surface area contributed by atoms with E-state index in [2.05, 4.69) is 5.32 Å². The number of carboxylic acid groups (broad SMARTS) is 1. The van der Waals surface area contributed by atoms with Gasteiger partial charge in [-0.25, -0.2) is 9.18 Å². The normalized spacial score (nSPS) is 11.2. The Bertz CT molecular complexity index is 560. The zero-order chi connectivity index (χ0) is 16.2. The number of alkyl halides is 3. The molecule has 0 heterocycles. The van der Waals surface area contributed by atoms with Crippen LogP contribution in [0.5, 0.6) is 0 Å². The second-order valence-corrected chi connectivity index (χ2v) is 4.06. The third-order valence-corrected chi connectivity index (χ3v) is 2.46. The first-order valence-electron chi connectivity index (χ1n) is 5.63. The molecule has 0 radical (unpaired) electrons. The quantitative estimate of drug-likeness (QED) is 0.364. The number of carbonyl (C=O) groups is 1. The van der Waals surface area contributed by atoms with Gasteiger partial charge in [-0.05, 0) is 12.5 Å². The van der Waals surface area contributed by atoms with Crippen molar-refractivity contribution in [2.24, 2.45) is 0 Å². The third kappa shape index (κ3) is 4.89. The summed E-state index contributed by atoms with van der Waals surface area (Å²) in [6.07, 6.45) is -5.82. The van der Waals surface area contributed by atoms with Crippen molar-refractivity contribution >= 4 is 17.3 Å². The Kier molecular flexibility index (Phi) is 5.06. The Morgan fingerprint density at radius 3 is 2.48 bits per heavy atom. The van der Waals surface area contributed by atoms with Crippen molar-refractivity contribution in [2.45, 2.75) is 19.0 Å². The maximum atomic E-state index is 13.3. The van der Waals surface area contributed by atoms with E-state index < -0.39 is 40.6 Å². The molecule has 0 saturated heterocycles. The molecule has 0 aromatic heterocycles. The van der Waals surface area contributed by atoms with Crippen LogP contribution in [-0.4, -0.2) is 28.7 Å². The topological polar surface area (TPSA) is 92.5 Å². The molecule has 1 aromatic carbocycles. The molecule has 116 valence electrons. The first-order chi connectivity index (χ1) is 9.61. The highest BCUT2D eigenvalue weighted by molar-refractivity contribution is 5.90. The minimum Gasteiger partial charge on any atom is -0.478 e. The molecule has 0 amide bonds. The van der Waals surface area contributed by atoms with Crippen LogP contribution >= 0.6 is 0 Å². The van der Waals surface area contributed by atoms with E-state index in [1.54, 1.807) is 0 Å². The molecule has 0 aliphatic carbocycles. The number of anilines is 1. The summed E-state index contributed by atoms with van der Waals surface area (Å²) in [6.45, 7) is -0.273.